The molecular weight excluding hydrogens is 403 g/mol. The predicted octanol–water partition coefficient (Wildman–Crippen LogP) is 4.95. The van der Waals surface area contributed by atoms with E-state index in [9.17, 15) is 18.3 Å². The van der Waals surface area contributed by atoms with Crippen LogP contribution >= 0.6 is 31.9 Å². The van der Waals surface area contributed by atoms with Crippen LogP contribution in [0.25, 0.3) is 0 Å². The first-order valence-electron chi connectivity index (χ1n) is 5.44. The summed E-state index contributed by atoms with van der Waals surface area (Å²) in [6, 6.07) is 4.42. The zero-order valence-electron chi connectivity index (χ0n) is 9.85. The highest BCUT2D eigenvalue weighted by Gasteiger charge is 2.12. The second-order valence-electron chi connectivity index (χ2n) is 4.01. The average Bonchev–Trinajstić information content (AvgIpc) is 2.34. The molecule has 2 rings (SSSR count). The minimum absolute atomic E-state index is 0.0351. The van der Waals surface area contributed by atoms with Crippen molar-refractivity contribution in [3.05, 3.63) is 56.2 Å². The molecule has 2 aromatic rings. The summed E-state index contributed by atoms with van der Waals surface area (Å²) < 4.78 is 40.5. The maximum atomic E-state index is 13.4. The van der Waals surface area contributed by atoms with Crippen LogP contribution in [0, 0.1) is 17.5 Å². The summed E-state index contributed by atoms with van der Waals surface area (Å²) in [6.45, 7) is 0.108. The molecule has 2 aromatic carbocycles. The highest BCUT2D eigenvalue weighted by atomic mass is 79.9. The molecular formula is C13H8Br2F3NO. The number of rotatable bonds is 3. The first-order valence-corrected chi connectivity index (χ1v) is 7.02. The Morgan fingerprint density at radius 1 is 0.950 bits per heavy atom. The smallest absolute Gasteiger partial charge is 0.152 e. The van der Waals surface area contributed by atoms with E-state index in [1.165, 1.54) is 0 Å². The van der Waals surface area contributed by atoms with Crippen molar-refractivity contribution in [2.24, 2.45) is 0 Å². The van der Waals surface area contributed by atoms with E-state index in [1.54, 1.807) is 12.1 Å². The highest BCUT2D eigenvalue weighted by molar-refractivity contribution is 9.11. The number of hydrogen-bond acceptors (Lipinski definition) is 2. The van der Waals surface area contributed by atoms with E-state index in [4.69, 9.17) is 0 Å². The summed E-state index contributed by atoms with van der Waals surface area (Å²) in [4.78, 5) is 0. The monoisotopic (exact) mass is 409 g/mol. The van der Waals surface area contributed by atoms with Gasteiger partial charge in [-0.1, -0.05) is 0 Å². The third kappa shape index (κ3) is 3.27. The largest absolute Gasteiger partial charge is 0.506 e. The van der Waals surface area contributed by atoms with Gasteiger partial charge in [0.05, 0.1) is 8.95 Å². The maximum Gasteiger partial charge on any atom is 0.152 e. The SMILES string of the molecule is Oc1c(Br)cc(CNc2c(F)cc(F)cc2F)cc1Br. The molecule has 0 aliphatic carbocycles. The van der Waals surface area contributed by atoms with Crippen LogP contribution in [0.15, 0.2) is 33.2 Å². The molecule has 0 radical (unpaired) electrons. The lowest BCUT2D eigenvalue weighted by atomic mass is 10.2. The number of anilines is 1. The van der Waals surface area contributed by atoms with E-state index in [-0.39, 0.29) is 12.3 Å². The highest BCUT2D eigenvalue weighted by Crippen LogP contribution is 2.33. The molecule has 7 heteroatoms. The van der Waals surface area contributed by atoms with Gasteiger partial charge in [0, 0.05) is 18.7 Å². The van der Waals surface area contributed by atoms with Crippen LogP contribution in [0.2, 0.25) is 0 Å². The first kappa shape index (κ1) is 15.2. The van der Waals surface area contributed by atoms with Crippen LogP contribution in [-0.4, -0.2) is 5.11 Å². The molecule has 0 amide bonds. The van der Waals surface area contributed by atoms with Gasteiger partial charge < -0.3 is 10.4 Å². The Bertz CT molecular complexity index is 618. The summed E-state index contributed by atoms with van der Waals surface area (Å²) in [6.07, 6.45) is 0. The van der Waals surface area contributed by atoms with Crippen molar-refractivity contribution in [1.29, 1.82) is 0 Å². The van der Waals surface area contributed by atoms with Gasteiger partial charge in [0.15, 0.2) is 11.6 Å². The van der Waals surface area contributed by atoms with Gasteiger partial charge in [-0.2, -0.15) is 0 Å². The van der Waals surface area contributed by atoms with Gasteiger partial charge in [-0.25, -0.2) is 13.2 Å². The third-order valence-electron chi connectivity index (χ3n) is 2.55. The van der Waals surface area contributed by atoms with Crippen molar-refractivity contribution in [3.63, 3.8) is 0 Å². The van der Waals surface area contributed by atoms with E-state index in [0.717, 1.165) is 0 Å². The zero-order valence-corrected chi connectivity index (χ0v) is 13.0. The molecule has 0 spiro atoms. The van der Waals surface area contributed by atoms with E-state index in [0.29, 0.717) is 26.6 Å². The summed E-state index contributed by atoms with van der Waals surface area (Å²) in [7, 11) is 0. The summed E-state index contributed by atoms with van der Waals surface area (Å²) in [5.41, 5.74) is 0.274. The van der Waals surface area contributed by atoms with Crippen molar-refractivity contribution in [1.82, 2.24) is 0 Å². The standard InChI is InChI=1S/C13H8Br2F3NO/c14-8-1-6(2-9(15)13(8)20)5-19-12-10(17)3-7(16)4-11(12)18/h1-4,19-20H,5H2. The van der Waals surface area contributed by atoms with Crippen molar-refractivity contribution in [2.45, 2.75) is 6.54 Å². The molecule has 0 heterocycles. The molecule has 0 aliphatic rings. The molecule has 0 unspecified atom stereocenters. The van der Waals surface area contributed by atoms with E-state index in [2.05, 4.69) is 37.2 Å². The normalized spacial score (nSPS) is 10.7. The second kappa shape index (κ2) is 6.05. The minimum atomic E-state index is -1.00. The number of halogens is 5. The number of phenolic OH excluding ortho intramolecular Hbond substituents is 1. The van der Waals surface area contributed by atoms with E-state index < -0.39 is 23.1 Å². The second-order valence-corrected chi connectivity index (χ2v) is 5.71. The van der Waals surface area contributed by atoms with Crippen molar-refractivity contribution in [2.75, 3.05) is 5.32 Å². The van der Waals surface area contributed by atoms with Gasteiger partial charge in [0.2, 0.25) is 0 Å². The Morgan fingerprint density at radius 2 is 1.45 bits per heavy atom. The Hall–Kier alpha value is -1.21. The van der Waals surface area contributed by atoms with Crippen molar-refractivity contribution >= 4 is 37.5 Å². The molecule has 0 atom stereocenters. The number of aromatic hydroxyl groups is 1. The molecule has 2 N–H and O–H groups in total. The fourth-order valence-corrected chi connectivity index (χ4v) is 2.90. The molecule has 0 saturated carbocycles. The first-order chi connectivity index (χ1) is 9.38. The van der Waals surface area contributed by atoms with Crippen molar-refractivity contribution < 1.29 is 18.3 Å². The zero-order chi connectivity index (χ0) is 14.9. The number of phenols is 1. The Kier molecular flexibility index (Phi) is 4.59. The lowest BCUT2D eigenvalue weighted by Gasteiger charge is -2.10. The number of hydrogen-bond donors (Lipinski definition) is 2. The average molecular weight is 411 g/mol. The summed E-state index contributed by atoms with van der Waals surface area (Å²) in [5.74, 6) is -2.94. The van der Waals surface area contributed by atoms with Gasteiger partial charge in [-0.3, -0.25) is 0 Å². The van der Waals surface area contributed by atoms with Gasteiger partial charge >= 0.3 is 0 Å². The van der Waals surface area contributed by atoms with Crippen LogP contribution in [-0.2, 0) is 6.54 Å². The fraction of sp³-hybridized carbons (Fsp3) is 0.0769. The van der Waals surface area contributed by atoms with Gasteiger partial charge in [0.25, 0.3) is 0 Å². The molecule has 0 aromatic heterocycles. The molecule has 0 bridgehead atoms. The summed E-state index contributed by atoms with van der Waals surface area (Å²) >= 11 is 6.31. The van der Waals surface area contributed by atoms with Gasteiger partial charge in [0.1, 0.15) is 17.3 Å². The topological polar surface area (TPSA) is 32.3 Å². The van der Waals surface area contributed by atoms with Crippen LogP contribution in [0.3, 0.4) is 0 Å². The molecule has 0 saturated heterocycles. The van der Waals surface area contributed by atoms with Crippen LogP contribution in [0.5, 0.6) is 5.75 Å². The third-order valence-corrected chi connectivity index (χ3v) is 3.76. The Balaban J connectivity index is 2.21. The minimum Gasteiger partial charge on any atom is -0.506 e. The quantitative estimate of drug-likeness (QED) is 0.750. The van der Waals surface area contributed by atoms with Crippen molar-refractivity contribution in [3.8, 4) is 5.75 Å². The lowest BCUT2D eigenvalue weighted by Crippen LogP contribution is -2.04. The van der Waals surface area contributed by atoms with E-state index >= 15 is 0 Å². The molecule has 0 fully saturated rings. The van der Waals surface area contributed by atoms with Gasteiger partial charge in [-0.05, 0) is 49.6 Å². The molecule has 106 valence electrons. The maximum absolute atomic E-state index is 13.4. The fourth-order valence-electron chi connectivity index (χ4n) is 1.62. The summed E-state index contributed by atoms with van der Waals surface area (Å²) in [5, 5.41) is 12.1. The molecule has 0 aliphatic heterocycles. The van der Waals surface area contributed by atoms with Crippen LogP contribution in [0.1, 0.15) is 5.56 Å². The van der Waals surface area contributed by atoms with Gasteiger partial charge in [-0.15, -0.1) is 0 Å². The van der Waals surface area contributed by atoms with E-state index in [1.807, 2.05) is 0 Å². The lowest BCUT2D eigenvalue weighted by molar-refractivity contribution is 0.468. The number of benzene rings is 2. The van der Waals surface area contributed by atoms with Crippen LogP contribution < -0.4 is 5.32 Å². The van der Waals surface area contributed by atoms with Crippen LogP contribution in [0.4, 0.5) is 18.9 Å². The Morgan fingerprint density at radius 3 is 1.95 bits per heavy atom. The number of nitrogens with one attached hydrogen (secondary N) is 1. The molecule has 2 nitrogen and oxygen atoms in total. The Labute approximate surface area is 129 Å². The molecule has 20 heavy (non-hydrogen) atoms. The predicted molar refractivity (Wildman–Crippen MR) is 77.1 cm³/mol.